The maximum absolute atomic E-state index is 12.7. The van der Waals surface area contributed by atoms with Gasteiger partial charge in [-0.3, -0.25) is 14.6 Å². The Bertz CT molecular complexity index is 1090. The molecule has 2 N–H and O–H groups in total. The molecule has 0 spiro atoms. The molecule has 3 heterocycles. The van der Waals surface area contributed by atoms with Gasteiger partial charge >= 0.3 is 0 Å². The van der Waals surface area contributed by atoms with Crippen molar-refractivity contribution >= 4 is 33.4 Å². The molecule has 1 saturated carbocycles. The average Bonchev–Trinajstić information content (AvgIpc) is 3.49. The fourth-order valence-corrected chi connectivity index (χ4v) is 4.89. The van der Waals surface area contributed by atoms with E-state index >= 15 is 0 Å². The average molecular weight is 409 g/mol. The van der Waals surface area contributed by atoms with Crippen LogP contribution in [0.1, 0.15) is 25.7 Å². The van der Waals surface area contributed by atoms with Gasteiger partial charge in [-0.15, -0.1) is 11.3 Å². The number of benzene rings is 1. The Labute approximate surface area is 173 Å². The third-order valence-corrected chi connectivity index (χ3v) is 6.82. The van der Waals surface area contributed by atoms with E-state index in [0.29, 0.717) is 23.1 Å². The Hall–Kier alpha value is -2.67. The molecule has 1 amide bonds. The number of carbonyl (C=O) groups excluding carboxylic acids is 1. The molecule has 6 nitrogen and oxygen atoms in total. The van der Waals surface area contributed by atoms with Gasteiger partial charge in [0.05, 0.1) is 11.4 Å². The molecule has 0 radical (unpaired) electrons. The van der Waals surface area contributed by atoms with E-state index < -0.39 is 0 Å². The molecule has 0 bridgehead atoms. The number of hydrogen-bond acceptors (Lipinski definition) is 5. The summed E-state index contributed by atoms with van der Waals surface area (Å²) in [6.45, 7) is 2.19. The molecule has 2 aliphatic rings. The summed E-state index contributed by atoms with van der Waals surface area (Å²) >= 11 is 1.42. The van der Waals surface area contributed by atoms with Crippen LogP contribution in [0.4, 0.5) is 5.95 Å². The lowest BCUT2D eigenvalue weighted by molar-refractivity contribution is -0.125. The Balaban J connectivity index is 1.42. The number of hydrogen-bond donors (Lipinski definition) is 2. The molecular weight excluding hydrogens is 384 g/mol. The molecule has 1 saturated heterocycles. The van der Waals surface area contributed by atoms with Crippen molar-refractivity contribution in [2.24, 2.45) is 11.8 Å². The minimum Gasteiger partial charge on any atom is -0.356 e. The van der Waals surface area contributed by atoms with Crippen LogP contribution in [0.15, 0.2) is 40.5 Å². The van der Waals surface area contributed by atoms with E-state index in [2.05, 4.69) is 15.2 Å². The summed E-state index contributed by atoms with van der Waals surface area (Å²) in [6.07, 6.45) is 4.25. The number of nitrogens with one attached hydrogen (secondary N) is 2. The van der Waals surface area contributed by atoms with E-state index in [9.17, 15) is 9.59 Å². The van der Waals surface area contributed by atoms with Crippen molar-refractivity contribution in [3.8, 4) is 11.1 Å². The number of rotatable bonds is 5. The first-order chi connectivity index (χ1) is 14.2. The highest BCUT2D eigenvalue weighted by Crippen LogP contribution is 2.32. The van der Waals surface area contributed by atoms with Gasteiger partial charge in [0.1, 0.15) is 4.70 Å². The van der Waals surface area contributed by atoms with Crippen LogP contribution in [0.2, 0.25) is 0 Å². The van der Waals surface area contributed by atoms with Crippen molar-refractivity contribution in [3.05, 3.63) is 46.1 Å². The van der Waals surface area contributed by atoms with E-state index in [4.69, 9.17) is 4.98 Å². The molecule has 150 valence electrons. The maximum atomic E-state index is 12.7. The monoisotopic (exact) mass is 408 g/mol. The van der Waals surface area contributed by atoms with Crippen LogP contribution in [0.5, 0.6) is 0 Å². The van der Waals surface area contributed by atoms with Crippen LogP contribution < -0.4 is 15.8 Å². The normalized spacial score (nSPS) is 19.4. The number of amides is 1. The lowest BCUT2D eigenvalue weighted by atomic mass is 9.97. The zero-order chi connectivity index (χ0) is 19.8. The second-order valence-electron chi connectivity index (χ2n) is 8.06. The van der Waals surface area contributed by atoms with Crippen LogP contribution in [0, 0.1) is 11.8 Å². The Kier molecular flexibility index (Phi) is 4.83. The first-order valence-electron chi connectivity index (χ1n) is 10.3. The van der Waals surface area contributed by atoms with Gasteiger partial charge in [0.15, 0.2) is 0 Å². The molecule has 1 unspecified atom stereocenters. The van der Waals surface area contributed by atoms with Crippen LogP contribution in [-0.2, 0) is 4.79 Å². The number of aromatic nitrogens is 2. The second-order valence-corrected chi connectivity index (χ2v) is 8.94. The molecule has 2 fully saturated rings. The van der Waals surface area contributed by atoms with Crippen LogP contribution >= 0.6 is 11.3 Å². The van der Waals surface area contributed by atoms with Gasteiger partial charge in [0.25, 0.3) is 5.56 Å². The largest absolute Gasteiger partial charge is 0.356 e. The number of H-pyrrole nitrogens is 1. The number of thiophene rings is 1. The van der Waals surface area contributed by atoms with Crippen LogP contribution in [-0.4, -0.2) is 35.5 Å². The lowest BCUT2D eigenvalue weighted by Gasteiger charge is -2.32. The van der Waals surface area contributed by atoms with Crippen molar-refractivity contribution in [2.45, 2.75) is 25.7 Å². The Morgan fingerprint density at radius 1 is 1.24 bits per heavy atom. The minimum absolute atomic E-state index is 0.0560. The van der Waals surface area contributed by atoms with Crippen molar-refractivity contribution in [2.75, 3.05) is 24.5 Å². The molecule has 29 heavy (non-hydrogen) atoms. The van der Waals surface area contributed by atoms with Crippen LogP contribution in [0.25, 0.3) is 21.3 Å². The van der Waals surface area contributed by atoms with Gasteiger partial charge in [-0.2, -0.15) is 0 Å². The number of aromatic amines is 1. The summed E-state index contributed by atoms with van der Waals surface area (Å²) in [5, 5.41) is 5.09. The van der Waals surface area contributed by atoms with E-state index in [-0.39, 0.29) is 17.4 Å². The van der Waals surface area contributed by atoms with Gasteiger partial charge in [-0.1, -0.05) is 30.3 Å². The minimum atomic E-state index is -0.113. The SMILES string of the molecule is O=C(NCC1CC1)C1CCCN(c2nc3c(-c4ccccc4)csc3c(=O)[nH]2)C1. The molecular formula is C22H24N4O2S. The smallest absolute Gasteiger partial charge is 0.270 e. The highest BCUT2D eigenvalue weighted by Gasteiger charge is 2.29. The Morgan fingerprint density at radius 2 is 2.07 bits per heavy atom. The summed E-state index contributed by atoms with van der Waals surface area (Å²) in [7, 11) is 0. The number of piperidine rings is 1. The Morgan fingerprint density at radius 3 is 2.86 bits per heavy atom. The lowest BCUT2D eigenvalue weighted by Crippen LogP contribution is -2.44. The highest BCUT2D eigenvalue weighted by atomic mass is 32.1. The molecule has 1 aliphatic carbocycles. The van der Waals surface area contributed by atoms with Crippen molar-refractivity contribution in [3.63, 3.8) is 0 Å². The number of anilines is 1. The molecule has 1 atom stereocenters. The summed E-state index contributed by atoms with van der Waals surface area (Å²) in [6, 6.07) is 10.0. The van der Waals surface area contributed by atoms with E-state index in [1.165, 1.54) is 24.2 Å². The van der Waals surface area contributed by atoms with E-state index in [0.717, 1.165) is 42.6 Å². The van der Waals surface area contributed by atoms with Gasteiger partial charge in [0, 0.05) is 30.6 Å². The van der Waals surface area contributed by atoms with Gasteiger partial charge in [-0.05, 0) is 37.2 Å². The zero-order valence-electron chi connectivity index (χ0n) is 16.2. The standard InChI is InChI=1S/C22H24N4O2S/c27-20(23-11-14-8-9-14)16-7-4-10-26(12-16)22-24-18-17(15-5-2-1-3-6-15)13-29-19(18)21(28)25-22/h1-3,5-6,13-14,16H,4,7-12H2,(H,23,27)(H,24,25,28). The third-order valence-electron chi connectivity index (χ3n) is 5.85. The van der Waals surface area contributed by atoms with Gasteiger partial charge in [-0.25, -0.2) is 4.98 Å². The molecule has 1 aromatic carbocycles. The van der Waals surface area contributed by atoms with Gasteiger partial charge < -0.3 is 10.2 Å². The molecule has 2 aromatic heterocycles. The fourth-order valence-electron chi connectivity index (χ4n) is 3.98. The zero-order valence-corrected chi connectivity index (χ0v) is 17.0. The molecule has 3 aromatic rings. The number of fused-ring (bicyclic) bond motifs is 1. The maximum Gasteiger partial charge on any atom is 0.270 e. The topological polar surface area (TPSA) is 78.1 Å². The highest BCUT2D eigenvalue weighted by molar-refractivity contribution is 7.17. The van der Waals surface area contributed by atoms with Crippen molar-refractivity contribution < 1.29 is 4.79 Å². The van der Waals surface area contributed by atoms with Crippen LogP contribution in [0.3, 0.4) is 0 Å². The van der Waals surface area contributed by atoms with Crippen molar-refractivity contribution in [1.82, 2.24) is 15.3 Å². The third kappa shape index (κ3) is 3.79. The molecule has 1 aliphatic heterocycles. The summed E-state index contributed by atoms with van der Waals surface area (Å²) < 4.78 is 0.642. The summed E-state index contributed by atoms with van der Waals surface area (Å²) in [5.41, 5.74) is 2.66. The van der Waals surface area contributed by atoms with E-state index in [1.807, 2.05) is 35.7 Å². The second kappa shape index (κ2) is 7.63. The number of carbonyl (C=O) groups is 1. The first kappa shape index (κ1) is 18.4. The molecule has 5 rings (SSSR count). The van der Waals surface area contributed by atoms with Crippen molar-refractivity contribution in [1.29, 1.82) is 0 Å². The quantitative estimate of drug-likeness (QED) is 0.678. The predicted octanol–water partition coefficient (Wildman–Crippen LogP) is 3.39. The first-order valence-corrected chi connectivity index (χ1v) is 11.2. The summed E-state index contributed by atoms with van der Waals surface area (Å²) in [5.74, 6) is 1.32. The summed E-state index contributed by atoms with van der Waals surface area (Å²) in [4.78, 5) is 35.1. The predicted molar refractivity (Wildman–Crippen MR) is 116 cm³/mol. The number of nitrogens with zero attached hydrogens (tertiary/aromatic N) is 2. The van der Waals surface area contributed by atoms with E-state index in [1.54, 1.807) is 0 Å². The fraction of sp³-hybridized carbons (Fsp3) is 0.409. The molecule has 7 heteroatoms. The van der Waals surface area contributed by atoms with Gasteiger partial charge in [0.2, 0.25) is 11.9 Å².